The highest BCUT2D eigenvalue weighted by Gasteiger charge is 2.03. The number of oxime groups is 1. The largest absolute Gasteiger partial charge is 0.356 e. The molecule has 0 aliphatic heterocycles. The molecule has 0 bridgehead atoms. The fraction of sp³-hybridized carbons (Fsp3) is 0.200. The van der Waals surface area contributed by atoms with Gasteiger partial charge in [0.25, 0.3) is 0 Å². The van der Waals surface area contributed by atoms with Gasteiger partial charge in [0, 0.05) is 4.47 Å². The molecule has 0 radical (unpaired) electrons. The standard InChI is InChI=1S/C10H9BrN2O/c1-7(2)13-14-10-4-3-9(11)5-8(10)6-12/h3-5H,1-2H3. The van der Waals surface area contributed by atoms with Crippen LogP contribution in [0.5, 0.6) is 5.75 Å². The summed E-state index contributed by atoms with van der Waals surface area (Å²) in [4.78, 5) is 5.09. The van der Waals surface area contributed by atoms with Gasteiger partial charge in [0.05, 0.1) is 11.3 Å². The Bertz CT molecular complexity index is 403. The number of hydrogen-bond donors (Lipinski definition) is 0. The molecule has 0 atom stereocenters. The summed E-state index contributed by atoms with van der Waals surface area (Å²) in [7, 11) is 0. The van der Waals surface area contributed by atoms with Crippen molar-refractivity contribution >= 4 is 21.6 Å². The highest BCUT2D eigenvalue weighted by atomic mass is 79.9. The molecule has 0 N–H and O–H groups in total. The Labute approximate surface area is 91.1 Å². The zero-order chi connectivity index (χ0) is 10.6. The van der Waals surface area contributed by atoms with Gasteiger partial charge in [-0.3, -0.25) is 0 Å². The van der Waals surface area contributed by atoms with Crippen molar-refractivity contribution in [3.8, 4) is 11.8 Å². The molecule has 0 amide bonds. The summed E-state index contributed by atoms with van der Waals surface area (Å²) in [6.07, 6.45) is 0. The predicted molar refractivity (Wildman–Crippen MR) is 58.3 cm³/mol. The van der Waals surface area contributed by atoms with Gasteiger partial charge in [-0.05, 0) is 32.0 Å². The van der Waals surface area contributed by atoms with Crippen molar-refractivity contribution in [2.45, 2.75) is 13.8 Å². The van der Waals surface area contributed by atoms with Crippen LogP contribution in [0.3, 0.4) is 0 Å². The zero-order valence-electron chi connectivity index (χ0n) is 7.91. The molecular formula is C10H9BrN2O. The predicted octanol–water partition coefficient (Wildman–Crippen LogP) is 3.10. The van der Waals surface area contributed by atoms with Gasteiger partial charge in [0.1, 0.15) is 6.07 Å². The fourth-order valence-corrected chi connectivity index (χ4v) is 1.17. The van der Waals surface area contributed by atoms with E-state index in [0.29, 0.717) is 11.3 Å². The first-order chi connectivity index (χ1) is 6.63. The van der Waals surface area contributed by atoms with Gasteiger partial charge in [0.15, 0.2) is 5.75 Å². The van der Waals surface area contributed by atoms with Crippen molar-refractivity contribution in [1.82, 2.24) is 0 Å². The Morgan fingerprint density at radius 1 is 1.50 bits per heavy atom. The van der Waals surface area contributed by atoms with Gasteiger partial charge in [-0.15, -0.1) is 0 Å². The van der Waals surface area contributed by atoms with Gasteiger partial charge in [-0.2, -0.15) is 5.26 Å². The van der Waals surface area contributed by atoms with Crippen LogP contribution in [-0.4, -0.2) is 5.71 Å². The third-order valence-corrected chi connectivity index (χ3v) is 1.88. The van der Waals surface area contributed by atoms with E-state index in [1.807, 2.05) is 19.9 Å². The van der Waals surface area contributed by atoms with Gasteiger partial charge in [-0.25, -0.2) is 0 Å². The highest BCUT2D eigenvalue weighted by molar-refractivity contribution is 9.10. The lowest BCUT2D eigenvalue weighted by Gasteiger charge is -2.01. The second-order valence-electron chi connectivity index (χ2n) is 2.88. The number of rotatable bonds is 2. The van der Waals surface area contributed by atoms with Crippen LogP contribution in [0.1, 0.15) is 19.4 Å². The topological polar surface area (TPSA) is 45.4 Å². The SMILES string of the molecule is CC(C)=NOc1ccc(Br)cc1C#N. The summed E-state index contributed by atoms with van der Waals surface area (Å²) < 4.78 is 0.846. The molecule has 1 aromatic rings. The minimum Gasteiger partial charge on any atom is -0.356 e. The van der Waals surface area contributed by atoms with E-state index in [9.17, 15) is 0 Å². The van der Waals surface area contributed by atoms with Crippen molar-refractivity contribution in [3.63, 3.8) is 0 Å². The van der Waals surface area contributed by atoms with E-state index in [1.54, 1.807) is 18.2 Å². The van der Waals surface area contributed by atoms with Crippen molar-refractivity contribution in [2.75, 3.05) is 0 Å². The van der Waals surface area contributed by atoms with Crippen LogP contribution in [0.4, 0.5) is 0 Å². The molecule has 0 saturated heterocycles. The first kappa shape index (κ1) is 10.7. The van der Waals surface area contributed by atoms with Crippen molar-refractivity contribution < 1.29 is 4.84 Å². The minimum atomic E-state index is 0.462. The summed E-state index contributed by atoms with van der Waals surface area (Å²) in [6.45, 7) is 3.65. The molecule has 0 saturated carbocycles. The van der Waals surface area contributed by atoms with Crippen molar-refractivity contribution in [1.29, 1.82) is 5.26 Å². The van der Waals surface area contributed by atoms with Crippen LogP contribution >= 0.6 is 15.9 Å². The smallest absolute Gasteiger partial charge is 0.175 e. The van der Waals surface area contributed by atoms with Gasteiger partial charge >= 0.3 is 0 Å². The van der Waals surface area contributed by atoms with Crippen LogP contribution < -0.4 is 4.84 Å². The number of nitriles is 1. The van der Waals surface area contributed by atoms with Crippen LogP contribution in [0, 0.1) is 11.3 Å². The normalized spacial score (nSPS) is 9.00. The van der Waals surface area contributed by atoms with Crippen molar-refractivity contribution in [3.05, 3.63) is 28.2 Å². The van der Waals surface area contributed by atoms with Crippen LogP contribution in [-0.2, 0) is 0 Å². The number of nitrogens with zero attached hydrogens (tertiary/aromatic N) is 2. The van der Waals surface area contributed by atoms with Crippen LogP contribution in [0.2, 0.25) is 0 Å². The van der Waals surface area contributed by atoms with Gasteiger partial charge in [0.2, 0.25) is 0 Å². The Kier molecular flexibility index (Phi) is 3.66. The van der Waals surface area contributed by atoms with Gasteiger partial charge in [-0.1, -0.05) is 21.1 Å². The Hall–Kier alpha value is -1.34. The fourth-order valence-electron chi connectivity index (χ4n) is 0.810. The molecule has 0 spiro atoms. The van der Waals surface area contributed by atoms with E-state index in [1.165, 1.54) is 0 Å². The third kappa shape index (κ3) is 2.86. The lowest BCUT2D eigenvalue weighted by atomic mass is 10.2. The highest BCUT2D eigenvalue weighted by Crippen LogP contribution is 2.22. The molecule has 14 heavy (non-hydrogen) atoms. The van der Waals surface area contributed by atoms with Gasteiger partial charge < -0.3 is 4.84 Å². The lowest BCUT2D eigenvalue weighted by molar-refractivity contribution is 0.339. The maximum absolute atomic E-state index is 8.81. The average molecular weight is 253 g/mol. The summed E-state index contributed by atoms with van der Waals surface area (Å²) in [5.74, 6) is 0.469. The number of halogens is 1. The molecule has 0 aromatic heterocycles. The first-order valence-electron chi connectivity index (χ1n) is 4.01. The second-order valence-corrected chi connectivity index (χ2v) is 3.80. The molecule has 4 heteroatoms. The lowest BCUT2D eigenvalue weighted by Crippen LogP contribution is -1.91. The van der Waals surface area contributed by atoms with E-state index >= 15 is 0 Å². The van der Waals surface area contributed by atoms with Crippen molar-refractivity contribution in [2.24, 2.45) is 5.16 Å². The van der Waals surface area contributed by atoms with E-state index < -0.39 is 0 Å². The molecule has 0 aliphatic carbocycles. The number of hydrogen-bond acceptors (Lipinski definition) is 3. The average Bonchev–Trinajstić information content (AvgIpc) is 2.15. The Balaban J connectivity index is 2.98. The molecule has 1 rings (SSSR count). The molecule has 3 nitrogen and oxygen atoms in total. The molecule has 0 aliphatic rings. The van der Waals surface area contributed by atoms with E-state index in [2.05, 4.69) is 21.1 Å². The Morgan fingerprint density at radius 2 is 2.21 bits per heavy atom. The molecule has 0 heterocycles. The van der Waals surface area contributed by atoms with Crippen LogP contribution in [0.15, 0.2) is 27.8 Å². The summed E-state index contributed by atoms with van der Waals surface area (Å²) in [5.41, 5.74) is 1.26. The minimum absolute atomic E-state index is 0.462. The quantitative estimate of drug-likeness (QED) is 0.600. The molecule has 1 aromatic carbocycles. The second kappa shape index (κ2) is 4.77. The summed E-state index contributed by atoms with van der Waals surface area (Å²) in [5, 5.41) is 12.6. The monoisotopic (exact) mass is 252 g/mol. The maximum atomic E-state index is 8.81. The molecule has 0 fully saturated rings. The van der Waals surface area contributed by atoms with E-state index in [-0.39, 0.29) is 0 Å². The van der Waals surface area contributed by atoms with E-state index in [0.717, 1.165) is 10.2 Å². The third-order valence-electron chi connectivity index (χ3n) is 1.39. The van der Waals surface area contributed by atoms with Crippen LogP contribution in [0.25, 0.3) is 0 Å². The Morgan fingerprint density at radius 3 is 2.79 bits per heavy atom. The summed E-state index contributed by atoms with van der Waals surface area (Å²) >= 11 is 3.27. The number of benzene rings is 1. The molecular weight excluding hydrogens is 244 g/mol. The molecule has 0 unspecified atom stereocenters. The zero-order valence-corrected chi connectivity index (χ0v) is 9.50. The summed E-state index contributed by atoms with van der Waals surface area (Å²) in [6, 6.07) is 7.23. The first-order valence-corrected chi connectivity index (χ1v) is 4.80. The maximum Gasteiger partial charge on any atom is 0.175 e. The molecule has 72 valence electrons. The van der Waals surface area contributed by atoms with E-state index in [4.69, 9.17) is 10.1 Å².